The standard InChI is InChI=1S/C16H18S2/c1-10-7-13-12-6-5-11(9-16(2,3)4)8-14(12)18-15(13)17-10/h5-8H,9H2,1-4H3. The van der Waals surface area contributed by atoms with Gasteiger partial charge in [-0.15, -0.1) is 22.7 Å². The first kappa shape index (κ1) is 12.2. The Labute approximate surface area is 116 Å². The third-order valence-electron chi connectivity index (χ3n) is 3.09. The lowest BCUT2D eigenvalue weighted by atomic mass is 9.88. The van der Waals surface area contributed by atoms with E-state index in [0.717, 1.165) is 6.42 Å². The molecule has 0 aliphatic heterocycles. The molecular formula is C16H18S2. The van der Waals surface area contributed by atoms with Crippen molar-refractivity contribution in [1.82, 2.24) is 0 Å². The van der Waals surface area contributed by atoms with Crippen LogP contribution in [0.5, 0.6) is 0 Å². The molecule has 2 heteroatoms. The van der Waals surface area contributed by atoms with E-state index in [1.54, 1.807) is 0 Å². The molecule has 0 radical (unpaired) electrons. The Morgan fingerprint density at radius 2 is 1.78 bits per heavy atom. The molecule has 3 rings (SSSR count). The van der Waals surface area contributed by atoms with E-state index >= 15 is 0 Å². The number of hydrogen-bond donors (Lipinski definition) is 0. The van der Waals surface area contributed by atoms with Gasteiger partial charge in [-0.2, -0.15) is 0 Å². The summed E-state index contributed by atoms with van der Waals surface area (Å²) in [5.74, 6) is 0. The van der Waals surface area contributed by atoms with Crippen molar-refractivity contribution in [2.24, 2.45) is 5.41 Å². The van der Waals surface area contributed by atoms with Gasteiger partial charge in [0.1, 0.15) is 0 Å². The molecule has 0 spiro atoms. The Balaban J connectivity index is 2.12. The highest BCUT2D eigenvalue weighted by Gasteiger charge is 2.13. The molecule has 0 bridgehead atoms. The summed E-state index contributed by atoms with van der Waals surface area (Å²) in [5, 5.41) is 2.87. The maximum Gasteiger partial charge on any atom is 0.0880 e. The van der Waals surface area contributed by atoms with Crippen LogP contribution in [0, 0.1) is 12.3 Å². The molecule has 2 aromatic heterocycles. The Morgan fingerprint density at radius 3 is 2.50 bits per heavy atom. The van der Waals surface area contributed by atoms with E-state index in [1.807, 2.05) is 22.7 Å². The van der Waals surface area contributed by atoms with Gasteiger partial charge in [0.05, 0.1) is 4.01 Å². The van der Waals surface area contributed by atoms with Gasteiger partial charge in [-0.3, -0.25) is 0 Å². The SMILES string of the molecule is Cc1cc2c(s1)sc1cc(CC(C)(C)C)ccc12. The summed E-state index contributed by atoms with van der Waals surface area (Å²) in [6, 6.07) is 9.31. The molecule has 0 saturated heterocycles. The average Bonchev–Trinajstić information content (AvgIpc) is 2.70. The highest BCUT2D eigenvalue weighted by atomic mass is 32.2. The Bertz CT molecular complexity index is 708. The fourth-order valence-electron chi connectivity index (χ4n) is 2.45. The zero-order chi connectivity index (χ0) is 12.9. The lowest BCUT2D eigenvalue weighted by molar-refractivity contribution is 0.411. The smallest absolute Gasteiger partial charge is 0.0880 e. The zero-order valence-corrected chi connectivity index (χ0v) is 13.0. The molecule has 0 N–H and O–H groups in total. The van der Waals surface area contributed by atoms with Gasteiger partial charge >= 0.3 is 0 Å². The minimum absolute atomic E-state index is 0.360. The molecule has 0 unspecified atom stereocenters. The molecule has 94 valence electrons. The van der Waals surface area contributed by atoms with Crippen LogP contribution in [0.1, 0.15) is 31.2 Å². The monoisotopic (exact) mass is 274 g/mol. The molecule has 1 aromatic carbocycles. The van der Waals surface area contributed by atoms with Crippen molar-refractivity contribution in [3.8, 4) is 0 Å². The Morgan fingerprint density at radius 1 is 1.00 bits per heavy atom. The van der Waals surface area contributed by atoms with Crippen LogP contribution in [-0.2, 0) is 6.42 Å². The van der Waals surface area contributed by atoms with E-state index in [-0.39, 0.29) is 0 Å². The van der Waals surface area contributed by atoms with Gasteiger partial charge < -0.3 is 0 Å². The van der Waals surface area contributed by atoms with Crippen molar-refractivity contribution in [2.45, 2.75) is 34.1 Å². The Hall–Kier alpha value is -0.860. The van der Waals surface area contributed by atoms with Crippen molar-refractivity contribution < 1.29 is 0 Å². The van der Waals surface area contributed by atoms with Crippen molar-refractivity contribution in [1.29, 1.82) is 0 Å². The number of thiophene rings is 2. The highest BCUT2D eigenvalue weighted by Crippen LogP contribution is 2.39. The predicted octanol–water partition coefficient (Wildman–Crippen LogP) is 6.01. The van der Waals surface area contributed by atoms with Crippen LogP contribution in [0.25, 0.3) is 19.5 Å². The number of hydrogen-bond acceptors (Lipinski definition) is 2. The first-order valence-electron chi connectivity index (χ1n) is 6.34. The van der Waals surface area contributed by atoms with E-state index in [0.29, 0.717) is 5.41 Å². The minimum Gasteiger partial charge on any atom is -0.130 e. The molecule has 3 aromatic rings. The van der Waals surface area contributed by atoms with Gasteiger partial charge in [0.25, 0.3) is 0 Å². The van der Waals surface area contributed by atoms with Crippen molar-refractivity contribution in [3.05, 3.63) is 34.7 Å². The third-order valence-corrected chi connectivity index (χ3v) is 5.40. The van der Waals surface area contributed by atoms with Crippen LogP contribution < -0.4 is 0 Å². The van der Waals surface area contributed by atoms with Crippen LogP contribution in [0.3, 0.4) is 0 Å². The van der Waals surface area contributed by atoms with Gasteiger partial charge in [-0.1, -0.05) is 32.9 Å². The molecule has 0 aliphatic carbocycles. The second kappa shape index (κ2) is 4.07. The first-order valence-corrected chi connectivity index (χ1v) is 7.97. The molecule has 0 amide bonds. The summed E-state index contributed by atoms with van der Waals surface area (Å²) in [6.45, 7) is 9.09. The van der Waals surface area contributed by atoms with Crippen LogP contribution in [0.4, 0.5) is 0 Å². The van der Waals surface area contributed by atoms with Crippen LogP contribution in [-0.4, -0.2) is 0 Å². The summed E-state index contributed by atoms with van der Waals surface area (Å²) < 4.78 is 2.91. The fourth-order valence-corrected chi connectivity index (χ4v) is 5.01. The molecule has 0 aliphatic rings. The van der Waals surface area contributed by atoms with Crippen LogP contribution in [0.2, 0.25) is 0 Å². The minimum atomic E-state index is 0.360. The molecule has 2 heterocycles. The maximum absolute atomic E-state index is 2.38. The summed E-state index contributed by atoms with van der Waals surface area (Å²) in [5.41, 5.74) is 1.82. The highest BCUT2D eigenvalue weighted by molar-refractivity contribution is 7.41. The van der Waals surface area contributed by atoms with E-state index in [4.69, 9.17) is 0 Å². The summed E-state index contributed by atoms with van der Waals surface area (Å²) in [4.78, 5) is 1.41. The number of fused-ring (bicyclic) bond motifs is 3. The van der Waals surface area contributed by atoms with Gasteiger partial charge in [-0.05, 0) is 36.5 Å². The molecule has 0 fully saturated rings. The normalized spacial score (nSPS) is 12.7. The predicted molar refractivity (Wildman–Crippen MR) is 85.1 cm³/mol. The number of aryl methyl sites for hydroxylation is 1. The zero-order valence-electron chi connectivity index (χ0n) is 11.3. The van der Waals surface area contributed by atoms with Gasteiger partial charge in [0, 0.05) is 20.3 Å². The van der Waals surface area contributed by atoms with Crippen LogP contribution >= 0.6 is 22.7 Å². The van der Waals surface area contributed by atoms with Gasteiger partial charge in [0.2, 0.25) is 0 Å². The van der Waals surface area contributed by atoms with Gasteiger partial charge in [-0.25, -0.2) is 0 Å². The van der Waals surface area contributed by atoms with E-state index in [9.17, 15) is 0 Å². The van der Waals surface area contributed by atoms with Crippen molar-refractivity contribution in [3.63, 3.8) is 0 Å². The Kier molecular flexibility index (Phi) is 2.76. The number of rotatable bonds is 1. The second-order valence-corrected chi connectivity index (χ2v) is 8.80. The summed E-state index contributed by atoms with van der Waals surface area (Å²) in [7, 11) is 0. The number of benzene rings is 1. The van der Waals surface area contributed by atoms with Crippen LogP contribution in [0.15, 0.2) is 24.3 Å². The van der Waals surface area contributed by atoms with Crippen molar-refractivity contribution in [2.75, 3.05) is 0 Å². The topological polar surface area (TPSA) is 0 Å². The lowest BCUT2D eigenvalue weighted by Gasteiger charge is -2.17. The summed E-state index contributed by atoms with van der Waals surface area (Å²) in [6.07, 6.45) is 1.15. The second-order valence-electron chi connectivity index (χ2n) is 6.23. The average molecular weight is 274 g/mol. The van der Waals surface area contributed by atoms with Gasteiger partial charge in [0.15, 0.2) is 0 Å². The molecule has 0 saturated carbocycles. The lowest BCUT2D eigenvalue weighted by Crippen LogP contribution is -2.08. The van der Waals surface area contributed by atoms with E-state index < -0.39 is 0 Å². The van der Waals surface area contributed by atoms with Crippen molar-refractivity contribution >= 4 is 42.2 Å². The molecular weight excluding hydrogens is 256 g/mol. The van der Waals surface area contributed by atoms with E-state index in [1.165, 1.54) is 29.9 Å². The molecule has 0 nitrogen and oxygen atoms in total. The quantitative estimate of drug-likeness (QED) is 0.509. The fraction of sp³-hybridized carbons (Fsp3) is 0.375. The largest absolute Gasteiger partial charge is 0.130 e. The first-order chi connectivity index (χ1) is 8.42. The molecule has 18 heavy (non-hydrogen) atoms. The maximum atomic E-state index is 2.38. The summed E-state index contributed by atoms with van der Waals surface area (Å²) >= 11 is 3.86. The molecule has 0 atom stereocenters. The van der Waals surface area contributed by atoms with E-state index in [2.05, 4.69) is 52.0 Å². The third kappa shape index (κ3) is 2.19.